The Labute approximate surface area is 185 Å². The van der Waals surface area contributed by atoms with E-state index in [-0.39, 0.29) is 0 Å². The van der Waals surface area contributed by atoms with Gasteiger partial charge in [-0.25, -0.2) is 9.98 Å². The van der Waals surface area contributed by atoms with Crippen LogP contribution >= 0.6 is 0 Å². The maximum absolute atomic E-state index is 10.9. The molecule has 1 aliphatic rings. The lowest BCUT2D eigenvalue weighted by atomic mass is 9.96. The van der Waals surface area contributed by atoms with Crippen LogP contribution in [0.25, 0.3) is 0 Å². The van der Waals surface area contributed by atoms with Gasteiger partial charge in [0, 0.05) is 44.5 Å². The molecule has 0 spiro atoms. The number of likely N-dealkylation sites (N-methyl/N-ethyl adjacent to an activating group) is 1. The molecule has 0 bridgehead atoms. The number of pyridine rings is 1. The Hall–Kier alpha value is -2.58. The molecule has 2 aromatic heterocycles. The van der Waals surface area contributed by atoms with Gasteiger partial charge in [0.05, 0.1) is 13.1 Å². The fourth-order valence-corrected chi connectivity index (χ4v) is 3.76. The Bertz CT molecular complexity index is 867. The Morgan fingerprint density at radius 3 is 2.55 bits per heavy atom. The Kier molecular flexibility index (Phi) is 7.56. The minimum atomic E-state index is -1.07. The lowest BCUT2D eigenvalue weighted by molar-refractivity contribution is 0.0601. The van der Waals surface area contributed by atoms with Crippen LogP contribution in [0.4, 0.5) is 5.82 Å². The number of piperazine rings is 1. The summed E-state index contributed by atoms with van der Waals surface area (Å²) in [5.74, 6) is 3.20. The monoisotopic (exact) mass is 428 g/mol. The normalized spacial score (nSPS) is 17.5. The molecule has 8 nitrogen and oxygen atoms in total. The number of anilines is 1. The zero-order chi connectivity index (χ0) is 22.4. The molecule has 0 radical (unpaired) electrons. The standard InChI is InChI=1S/C23H36N6O2/c1-6-24-22(27-16-23(4,30)20-13-17(2)31-18(20)3)26-15-19-7-8-21(25-14-19)29-11-9-28(5)10-12-29/h7-8,13-14,30H,6,9-12,15-16H2,1-5H3,(H2,24,26,27). The van der Waals surface area contributed by atoms with Gasteiger partial charge in [0.25, 0.3) is 0 Å². The Morgan fingerprint density at radius 2 is 1.97 bits per heavy atom. The van der Waals surface area contributed by atoms with Gasteiger partial charge in [-0.05, 0) is 52.4 Å². The number of rotatable bonds is 7. The van der Waals surface area contributed by atoms with Gasteiger partial charge in [-0.15, -0.1) is 0 Å². The van der Waals surface area contributed by atoms with Crippen LogP contribution < -0.4 is 15.5 Å². The Morgan fingerprint density at radius 1 is 1.23 bits per heavy atom. The highest BCUT2D eigenvalue weighted by Gasteiger charge is 2.27. The van der Waals surface area contributed by atoms with Gasteiger partial charge >= 0.3 is 0 Å². The Balaban J connectivity index is 1.59. The second-order valence-corrected chi connectivity index (χ2v) is 8.46. The summed E-state index contributed by atoms with van der Waals surface area (Å²) in [6, 6.07) is 6.04. The minimum Gasteiger partial charge on any atom is -0.466 e. The van der Waals surface area contributed by atoms with Crippen LogP contribution in [0.2, 0.25) is 0 Å². The molecule has 0 saturated carbocycles. The van der Waals surface area contributed by atoms with Gasteiger partial charge in [0.2, 0.25) is 0 Å². The number of nitrogens with one attached hydrogen (secondary N) is 2. The van der Waals surface area contributed by atoms with Crippen molar-refractivity contribution in [2.24, 2.45) is 4.99 Å². The summed E-state index contributed by atoms with van der Waals surface area (Å²) >= 11 is 0. The van der Waals surface area contributed by atoms with E-state index in [2.05, 4.69) is 49.6 Å². The van der Waals surface area contributed by atoms with E-state index in [0.717, 1.165) is 61.2 Å². The maximum atomic E-state index is 10.9. The van der Waals surface area contributed by atoms with Crippen LogP contribution in [0.3, 0.4) is 0 Å². The number of hydrogen-bond acceptors (Lipinski definition) is 6. The number of furan rings is 1. The first-order valence-corrected chi connectivity index (χ1v) is 11.0. The number of aryl methyl sites for hydroxylation is 2. The molecule has 31 heavy (non-hydrogen) atoms. The average Bonchev–Trinajstić information content (AvgIpc) is 3.10. The molecule has 1 unspecified atom stereocenters. The van der Waals surface area contributed by atoms with Gasteiger partial charge < -0.3 is 30.0 Å². The largest absolute Gasteiger partial charge is 0.466 e. The summed E-state index contributed by atoms with van der Waals surface area (Å²) in [5.41, 5.74) is 0.768. The van der Waals surface area contributed by atoms with Crippen LogP contribution in [0, 0.1) is 13.8 Å². The molecule has 1 saturated heterocycles. The van der Waals surface area contributed by atoms with E-state index in [1.54, 1.807) is 6.92 Å². The van der Waals surface area contributed by atoms with Crippen molar-refractivity contribution in [2.75, 3.05) is 51.2 Å². The third kappa shape index (κ3) is 6.21. The van der Waals surface area contributed by atoms with E-state index < -0.39 is 5.60 Å². The highest BCUT2D eigenvalue weighted by Crippen LogP contribution is 2.26. The van der Waals surface area contributed by atoms with Gasteiger partial charge in [-0.1, -0.05) is 6.07 Å². The summed E-state index contributed by atoms with van der Waals surface area (Å²) < 4.78 is 5.57. The third-order valence-corrected chi connectivity index (χ3v) is 5.62. The summed E-state index contributed by atoms with van der Waals surface area (Å²) in [6.45, 7) is 13.3. The molecule has 1 fully saturated rings. The van der Waals surface area contributed by atoms with Crippen molar-refractivity contribution in [1.82, 2.24) is 20.5 Å². The second kappa shape index (κ2) is 10.2. The smallest absolute Gasteiger partial charge is 0.191 e. The van der Waals surface area contributed by atoms with Crippen molar-refractivity contribution in [1.29, 1.82) is 0 Å². The molecule has 170 valence electrons. The molecule has 3 heterocycles. The van der Waals surface area contributed by atoms with Crippen molar-refractivity contribution in [3.05, 3.63) is 47.0 Å². The van der Waals surface area contributed by atoms with Crippen LogP contribution in [0.15, 0.2) is 33.8 Å². The van der Waals surface area contributed by atoms with Crippen molar-refractivity contribution in [3.8, 4) is 0 Å². The fraction of sp³-hybridized carbons (Fsp3) is 0.565. The summed E-state index contributed by atoms with van der Waals surface area (Å²) in [6.07, 6.45) is 1.90. The zero-order valence-corrected chi connectivity index (χ0v) is 19.4. The van der Waals surface area contributed by atoms with E-state index in [0.29, 0.717) is 19.0 Å². The number of aliphatic hydroxyl groups is 1. The van der Waals surface area contributed by atoms with Crippen molar-refractivity contribution in [2.45, 2.75) is 39.8 Å². The van der Waals surface area contributed by atoms with Gasteiger partial charge in [0.15, 0.2) is 5.96 Å². The van der Waals surface area contributed by atoms with Crippen LogP contribution in [0.1, 0.15) is 36.5 Å². The maximum Gasteiger partial charge on any atom is 0.191 e. The van der Waals surface area contributed by atoms with Crippen molar-refractivity contribution < 1.29 is 9.52 Å². The highest BCUT2D eigenvalue weighted by molar-refractivity contribution is 5.79. The first kappa shape index (κ1) is 23.1. The molecular weight excluding hydrogens is 392 g/mol. The molecule has 8 heteroatoms. The minimum absolute atomic E-state index is 0.319. The van der Waals surface area contributed by atoms with Gasteiger partial charge in [-0.2, -0.15) is 0 Å². The predicted molar refractivity (Wildman–Crippen MR) is 125 cm³/mol. The molecule has 0 aromatic carbocycles. The molecule has 0 aliphatic carbocycles. The van der Waals surface area contributed by atoms with E-state index in [1.165, 1.54) is 0 Å². The summed E-state index contributed by atoms with van der Waals surface area (Å²) in [7, 11) is 2.15. The van der Waals surface area contributed by atoms with Crippen LogP contribution in [-0.4, -0.2) is 67.3 Å². The fourth-order valence-electron chi connectivity index (χ4n) is 3.76. The second-order valence-electron chi connectivity index (χ2n) is 8.46. The number of aliphatic imine (C=N–C) groups is 1. The van der Waals surface area contributed by atoms with E-state index in [1.807, 2.05) is 33.0 Å². The molecule has 1 atom stereocenters. The molecule has 3 N–H and O–H groups in total. The lowest BCUT2D eigenvalue weighted by Crippen LogP contribution is -2.44. The van der Waals surface area contributed by atoms with Gasteiger partial charge in [-0.3, -0.25) is 0 Å². The number of guanidine groups is 1. The number of hydrogen-bond donors (Lipinski definition) is 3. The topological polar surface area (TPSA) is 89.2 Å². The summed E-state index contributed by atoms with van der Waals surface area (Å²) in [5, 5.41) is 17.4. The van der Waals surface area contributed by atoms with Crippen molar-refractivity contribution in [3.63, 3.8) is 0 Å². The first-order valence-electron chi connectivity index (χ1n) is 11.0. The molecule has 1 aliphatic heterocycles. The van der Waals surface area contributed by atoms with E-state index in [4.69, 9.17) is 4.42 Å². The van der Waals surface area contributed by atoms with E-state index >= 15 is 0 Å². The molecule has 2 aromatic rings. The first-order chi connectivity index (χ1) is 14.8. The quantitative estimate of drug-likeness (QED) is 0.459. The lowest BCUT2D eigenvalue weighted by Gasteiger charge is -2.33. The average molecular weight is 429 g/mol. The summed E-state index contributed by atoms with van der Waals surface area (Å²) in [4.78, 5) is 13.9. The van der Waals surface area contributed by atoms with Crippen molar-refractivity contribution >= 4 is 11.8 Å². The van der Waals surface area contributed by atoms with Gasteiger partial charge in [0.1, 0.15) is 22.9 Å². The number of nitrogens with zero attached hydrogens (tertiary/aromatic N) is 4. The predicted octanol–water partition coefficient (Wildman–Crippen LogP) is 2.01. The van der Waals surface area contributed by atoms with Crippen LogP contribution in [-0.2, 0) is 12.1 Å². The third-order valence-electron chi connectivity index (χ3n) is 5.62. The molecule has 3 rings (SSSR count). The molecule has 0 amide bonds. The van der Waals surface area contributed by atoms with E-state index in [9.17, 15) is 5.11 Å². The number of aromatic nitrogens is 1. The highest BCUT2D eigenvalue weighted by atomic mass is 16.3. The van der Waals surface area contributed by atoms with Crippen LogP contribution in [0.5, 0.6) is 0 Å². The SMILES string of the molecule is CCNC(=NCc1ccc(N2CCN(C)CC2)nc1)NCC(C)(O)c1cc(C)oc1C. The zero-order valence-electron chi connectivity index (χ0n) is 19.4. The molecular formula is C23H36N6O2.